The summed E-state index contributed by atoms with van der Waals surface area (Å²) in [6, 6.07) is 0. The largest absolute Gasteiger partial charge is 0.389 e. The van der Waals surface area contributed by atoms with Crippen LogP contribution in [0.4, 0.5) is 0 Å². The van der Waals surface area contributed by atoms with Gasteiger partial charge in [-0.1, -0.05) is 0 Å². The van der Waals surface area contributed by atoms with Gasteiger partial charge in [-0.05, 0) is 19.3 Å². The fourth-order valence-electron chi connectivity index (χ4n) is 2.14. The van der Waals surface area contributed by atoms with Gasteiger partial charge in [0.2, 0.25) is 0 Å². The van der Waals surface area contributed by atoms with E-state index in [1.165, 1.54) is 0 Å². The maximum Gasteiger partial charge on any atom is 0.0938 e. The Morgan fingerprint density at radius 3 is 2.08 bits per heavy atom. The zero-order chi connectivity index (χ0) is 9.47. The zero-order valence-corrected chi connectivity index (χ0v) is 7.69. The predicted octanol–water partition coefficient (Wildman–Crippen LogP) is -1.06. The van der Waals surface area contributed by atoms with Crippen LogP contribution in [-0.4, -0.2) is 57.7 Å². The highest BCUT2D eigenvalue weighted by Gasteiger charge is 2.39. The van der Waals surface area contributed by atoms with Crippen molar-refractivity contribution in [1.29, 1.82) is 0 Å². The van der Waals surface area contributed by atoms with Crippen LogP contribution in [0.25, 0.3) is 0 Å². The molecule has 2 rings (SSSR count). The molecular formula is C9H17NO3. The van der Waals surface area contributed by atoms with Gasteiger partial charge in [-0.2, -0.15) is 0 Å². The van der Waals surface area contributed by atoms with E-state index in [1.807, 2.05) is 4.90 Å². The highest BCUT2D eigenvalue weighted by Crippen LogP contribution is 2.33. The number of β-amino-alcohol motifs (C(OH)–C–C–N with tert-alkyl or cyclic N) is 3. The number of aliphatic hydroxyl groups excluding tert-OH is 2. The third kappa shape index (κ3) is 1.86. The Morgan fingerprint density at radius 2 is 1.69 bits per heavy atom. The molecule has 3 N–H and O–H groups in total. The summed E-state index contributed by atoms with van der Waals surface area (Å²) in [5, 5.41) is 28.4. The van der Waals surface area contributed by atoms with E-state index >= 15 is 0 Å². The molecule has 0 spiro atoms. The first-order valence-electron chi connectivity index (χ1n) is 4.90. The van der Waals surface area contributed by atoms with Gasteiger partial charge in [0.05, 0.1) is 17.8 Å². The smallest absolute Gasteiger partial charge is 0.0938 e. The fraction of sp³-hybridized carbons (Fsp3) is 1.00. The maximum absolute atomic E-state index is 9.84. The highest BCUT2D eigenvalue weighted by molar-refractivity contribution is 4.94. The van der Waals surface area contributed by atoms with Crippen molar-refractivity contribution in [2.75, 3.05) is 19.6 Å². The summed E-state index contributed by atoms with van der Waals surface area (Å²) in [5.74, 6) is 0. The second-order valence-electron chi connectivity index (χ2n) is 4.41. The van der Waals surface area contributed by atoms with Crippen LogP contribution in [0, 0.1) is 0 Å². The minimum Gasteiger partial charge on any atom is -0.389 e. The highest BCUT2D eigenvalue weighted by atomic mass is 16.3. The molecule has 2 aliphatic rings. The second-order valence-corrected chi connectivity index (χ2v) is 4.41. The van der Waals surface area contributed by atoms with Crippen LogP contribution in [0.1, 0.15) is 19.3 Å². The van der Waals surface area contributed by atoms with Crippen molar-refractivity contribution >= 4 is 0 Å². The number of hydrogen-bond donors (Lipinski definition) is 3. The summed E-state index contributed by atoms with van der Waals surface area (Å²) >= 11 is 0. The van der Waals surface area contributed by atoms with Gasteiger partial charge in [-0.3, -0.25) is 4.90 Å². The number of nitrogens with zero attached hydrogens (tertiary/aromatic N) is 1. The van der Waals surface area contributed by atoms with E-state index in [9.17, 15) is 15.3 Å². The average Bonchev–Trinajstić information content (AvgIpc) is 2.28. The third-order valence-electron chi connectivity index (χ3n) is 3.14. The Bertz CT molecular complexity index is 183. The standard InChI is InChI=1S/C9H17NO3/c11-7-4-10(5-8(7)12)6-9(13)2-1-3-9/h7-8,11-13H,1-6H2. The van der Waals surface area contributed by atoms with Crippen molar-refractivity contribution in [3.63, 3.8) is 0 Å². The molecule has 4 nitrogen and oxygen atoms in total. The zero-order valence-electron chi connectivity index (χ0n) is 7.69. The molecule has 76 valence electrons. The van der Waals surface area contributed by atoms with Crippen LogP contribution in [0.3, 0.4) is 0 Å². The molecule has 2 atom stereocenters. The maximum atomic E-state index is 9.84. The molecule has 1 aliphatic heterocycles. The summed E-state index contributed by atoms with van der Waals surface area (Å²) in [5.41, 5.74) is -0.538. The van der Waals surface area contributed by atoms with Crippen molar-refractivity contribution in [3.8, 4) is 0 Å². The first-order valence-corrected chi connectivity index (χ1v) is 4.90. The van der Waals surface area contributed by atoms with E-state index in [4.69, 9.17) is 0 Å². The van der Waals surface area contributed by atoms with E-state index in [2.05, 4.69) is 0 Å². The van der Waals surface area contributed by atoms with Crippen LogP contribution in [0.5, 0.6) is 0 Å². The van der Waals surface area contributed by atoms with Crippen molar-refractivity contribution < 1.29 is 15.3 Å². The lowest BCUT2D eigenvalue weighted by atomic mass is 9.80. The summed E-state index contributed by atoms with van der Waals surface area (Å²) in [6.07, 6.45) is 1.54. The molecule has 2 unspecified atom stereocenters. The molecule has 1 saturated carbocycles. The van der Waals surface area contributed by atoms with Gasteiger partial charge in [-0.15, -0.1) is 0 Å². The monoisotopic (exact) mass is 187 g/mol. The van der Waals surface area contributed by atoms with Crippen LogP contribution in [0.15, 0.2) is 0 Å². The molecule has 1 heterocycles. The lowest BCUT2D eigenvalue weighted by molar-refractivity contribution is -0.0566. The molecule has 0 aromatic rings. The van der Waals surface area contributed by atoms with E-state index < -0.39 is 17.8 Å². The van der Waals surface area contributed by atoms with Gasteiger partial charge in [0.15, 0.2) is 0 Å². The lowest BCUT2D eigenvalue weighted by Gasteiger charge is -2.39. The second kappa shape index (κ2) is 3.20. The van der Waals surface area contributed by atoms with Crippen molar-refractivity contribution in [1.82, 2.24) is 4.90 Å². The van der Waals surface area contributed by atoms with Gasteiger partial charge in [0.1, 0.15) is 0 Å². The van der Waals surface area contributed by atoms with Crippen molar-refractivity contribution in [3.05, 3.63) is 0 Å². The first-order chi connectivity index (χ1) is 6.09. The number of rotatable bonds is 2. The minimum absolute atomic E-state index is 0.490. The van der Waals surface area contributed by atoms with Gasteiger partial charge in [-0.25, -0.2) is 0 Å². The van der Waals surface area contributed by atoms with Crippen LogP contribution in [-0.2, 0) is 0 Å². The molecule has 1 aliphatic carbocycles. The number of hydrogen-bond acceptors (Lipinski definition) is 4. The molecular weight excluding hydrogens is 170 g/mol. The van der Waals surface area contributed by atoms with Gasteiger partial charge >= 0.3 is 0 Å². The molecule has 0 radical (unpaired) electrons. The molecule has 0 aromatic carbocycles. The average molecular weight is 187 g/mol. The number of likely N-dealkylation sites (tertiary alicyclic amines) is 1. The molecule has 0 aromatic heterocycles. The van der Waals surface area contributed by atoms with E-state index in [-0.39, 0.29) is 0 Å². The Kier molecular flexibility index (Phi) is 2.32. The van der Waals surface area contributed by atoms with Crippen LogP contribution >= 0.6 is 0 Å². The summed E-state index contributed by atoms with van der Waals surface area (Å²) in [7, 11) is 0. The lowest BCUT2D eigenvalue weighted by Crippen LogP contribution is -2.47. The first kappa shape index (κ1) is 9.40. The summed E-state index contributed by atoms with van der Waals surface area (Å²) in [6.45, 7) is 1.58. The summed E-state index contributed by atoms with van der Waals surface area (Å²) < 4.78 is 0. The van der Waals surface area contributed by atoms with Crippen molar-refractivity contribution in [2.45, 2.75) is 37.1 Å². The minimum atomic E-state index is -0.635. The normalized spacial score (nSPS) is 39.0. The topological polar surface area (TPSA) is 63.9 Å². The van der Waals surface area contributed by atoms with E-state index in [1.54, 1.807) is 0 Å². The van der Waals surface area contributed by atoms with Gasteiger partial charge < -0.3 is 15.3 Å². The number of aliphatic hydroxyl groups is 3. The van der Waals surface area contributed by atoms with Gasteiger partial charge in [0.25, 0.3) is 0 Å². The molecule has 1 saturated heterocycles. The van der Waals surface area contributed by atoms with E-state index in [0.29, 0.717) is 19.6 Å². The Hall–Kier alpha value is -0.160. The Morgan fingerprint density at radius 1 is 1.15 bits per heavy atom. The quantitative estimate of drug-likeness (QED) is 0.515. The molecule has 4 heteroatoms. The molecule has 0 amide bonds. The van der Waals surface area contributed by atoms with Crippen LogP contribution < -0.4 is 0 Å². The molecule has 13 heavy (non-hydrogen) atoms. The Labute approximate surface area is 77.8 Å². The molecule has 0 bridgehead atoms. The van der Waals surface area contributed by atoms with Gasteiger partial charge in [0, 0.05) is 19.6 Å². The SMILES string of the molecule is OC1CN(CC2(O)CCC2)CC1O. The third-order valence-corrected chi connectivity index (χ3v) is 3.14. The fourth-order valence-corrected chi connectivity index (χ4v) is 2.14. The van der Waals surface area contributed by atoms with E-state index in [0.717, 1.165) is 19.3 Å². The Balaban J connectivity index is 1.83. The van der Waals surface area contributed by atoms with Crippen molar-refractivity contribution in [2.24, 2.45) is 0 Å². The molecule has 2 fully saturated rings. The van der Waals surface area contributed by atoms with Crippen LogP contribution in [0.2, 0.25) is 0 Å². The summed E-state index contributed by atoms with van der Waals surface area (Å²) in [4.78, 5) is 1.94. The predicted molar refractivity (Wildman–Crippen MR) is 47.3 cm³/mol.